The van der Waals surface area contributed by atoms with Gasteiger partial charge in [0, 0.05) is 28.8 Å². The number of fused-ring (bicyclic) bond motifs is 3. The van der Waals surface area contributed by atoms with Crippen LogP contribution in [0.3, 0.4) is 0 Å². The van der Waals surface area contributed by atoms with Crippen LogP contribution in [-0.4, -0.2) is 17.9 Å². The molecular formula is C17H17NO2. The number of carbonyl (C=O) groups is 1. The summed E-state index contributed by atoms with van der Waals surface area (Å²) < 4.78 is 5.25. The average Bonchev–Trinajstić information content (AvgIpc) is 2.81. The number of carbonyl (C=O) groups excluding carboxylic acids is 1. The minimum atomic E-state index is 0.228. The number of Topliss-reactive ketones (excluding diaryl/α,β-unsaturated/α-hetero) is 1. The highest BCUT2D eigenvalue weighted by Gasteiger charge is 2.06. The van der Waals surface area contributed by atoms with E-state index in [-0.39, 0.29) is 5.78 Å². The van der Waals surface area contributed by atoms with Crippen LogP contribution in [0.4, 0.5) is 0 Å². The topological polar surface area (TPSA) is 42.1 Å². The molecule has 0 aliphatic heterocycles. The minimum absolute atomic E-state index is 0.228. The molecule has 3 rings (SSSR count). The number of ether oxygens (including phenoxy) is 1. The first kappa shape index (κ1) is 12.7. The molecule has 1 aromatic heterocycles. The fourth-order valence-corrected chi connectivity index (χ4v) is 2.54. The fraction of sp³-hybridized carbons (Fsp3) is 0.235. The van der Waals surface area contributed by atoms with Gasteiger partial charge in [-0.15, -0.1) is 0 Å². The molecule has 0 radical (unpaired) electrons. The summed E-state index contributed by atoms with van der Waals surface area (Å²) in [7, 11) is 1.67. The van der Waals surface area contributed by atoms with Crippen LogP contribution in [0, 0.1) is 0 Å². The highest BCUT2D eigenvalue weighted by Crippen LogP contribution is 2.29. The molecule has 0 fully saturated rings. The smallest absolute Gasteiger partial charge is 0.130 e. The van der Waals surface area contributed by atoms with Crippen molar-refractivity contribution >= 4 is 27.6 Å². The molecule has 3 heteroatoms. The van der Waals surface area contributed by atoms with E-state index in [9.17, 15) is 4.79 Å². The molecule has 3 aromatic rings. The number of aryl methyl sites for hydroxylation is 1. The molecule has 0 spiro atoms. The second kappa shape index (κ2) is 5.00. The Morgan fingerprint density at radius 3 is 2.50 bits per heavy atom. The molecule has 0 aliphatic carbocycles. The Balaban J connectivity index is 2.05. The van der Waals surface area contributed by atoms with Crippen LogP contribution < -0.4 is 4.74 Å². The lowest BCUT2D eigenvalue weighted by molar-refractivity contribution is -0.116. The van der Waals surface area contributed by atoms with Crippen molar-refractivity contribution in [2.45, 2.75) is 19.8 Å². The monoisotopic (exact) mass is 267 g/mol. The summed E-state index contributed by atoms with van der Waals surface area (Å²) in [6.45, 7) is 1.63. The highest BCUT2D eigenvalue weighted by molar-refractivity contribution is 6.07. The number of aromatic amines is 1. The number of benzene rings is 2. The van der Waals surface area contributed by atoms with E-state index in [1.54, 1.807) is 14.0 Å². The Morgan fingerprint density at radius 1 is 1.10 bits per heavy atom. The standard InChI is InChI=1S/C17H17NO2/c1-11(19)3-4-12-5-7-14-15-8-6-13(20-2)10-17(15)18-16(14)9-12/h5-10,18H,3-4H2,1-2H3. The van der Waals surface area contributed by atoms with Gasteiger partial charge in [0.05, 0.1) is 12.6 Å². The minimum Gasteiger partial charge on any atom is -0.497 e. The lowest BCUT2D eigenvalue weighted by atomic mass is 10.1. The van der Waals surface area contributed by atoms with Crippen molar-refractivity contribution in [3.63, 3.8) is 0 Å². The molecule has 0 saturated heterocycles. The lowest BCUT2D eigenvalue weighted by Gasteiger charge is -2.00. The first-order valence-corrected chi connectivity index (χ1v) is 6.75. The van der Waals surface area contributed by atoms with Gasteiger partial charge < -0.3 is 14.5 Å². The van der Waals surface area contributed by atoms with Crippen LogP contribution in [0.2, 0.25) is 0 Å². The molecular weight excluding hydrogens is 250 g/mol. The number of hydrogen-bond acceptors (Lipinski definition) is 2. The predicted molar refractivity (Wildman–Crippen MR) is 81.4 cm³/mol. The van der Waals surface area contributed by atoms with Crippen LogP contribution >= 0.6 is 0 Å². The van der Waals surface area contributed by atoms with Crippen LogP contribution in [-0.2, 0) is 11.2 Å². The molecule has 1 N–H and O–H groups in total. The highest BCUT2D eigenvalue weighted by atomic mass is 16.5. The van der Waals surface area contributed by atoms with Gasteiger partial charge >= 0.3 is 0 Å². The Morgan fingerprint density at radius 2 is 1.80 bits per heavy atom. The third-order valence-electron chi connectivity index (χ3n) is 3.64. The second-order valence-corrected chi connectivity index (χ2v) is 5.12. The van der Waals surface area contributed by atoms with E-state index in [1.165, 1.54) is 16.3 Å². The molecule has 2 aromatic carbocycles. The van der Waals surface area contributed by atoms with Gasteiger partial charge in [-0.2, -0.15) is 0 Å². The van der Waals surface area contributed by atoms with E-state index in [0.29, 0.717) is 6.42 Å². The Hall–Kier alpha value is -2.29. The molecule has 3 nitrogen and oxygen atoms in total. The third-order valence-corrected chi connectivity index (χ3v) is 3.64. The molecule has 0 aliphatic rings. The van der Waals surface area contributed by atoms with Gasteiger partial charge in [0.2, 0.25) is 0 Å². The summed E-state index contributed by atoms with van der Waals surface area (Å²) >= 11 is 0. The molecule has 0 atom stereocenters. The van der Waals surface area contributed by atoms with Crippen molar-refractivity contribution in [3.8, 4) is 5.75 Å². The van der Waals surface area contributed by atoms with Gasteiger partial charge in [-0.3, -0.25) is 0 Å². The number of nitrogens with one attached hydrogen (secondary N) is 1. The maximum Gasteiger partial charge on any atom is 0.130 e. The van der Waals surface area contributed by atoms with Crippen molar-refractivity contribution in [1.82, 2.24) is 4.98 Å². The Bertz CT molecular complexity index is 786. The van der Waals surface area contributed by atoms with Crippen LogP contribution in [0.5, 0.6) is 5.75 Å². The molecule has 20 heavy (non-hydrogen) atoms. The Labute approximate surface area is 117 Å². The van der Waals surface area contributed by atoms with Crippen molar-refractivity contribution in [2.24, 2.45) is 0 Å². The number of rotatable bonds is 4. The van der Waals surface area contributed by atoms with E-state index >= 15 is 0 Å². The van der Waals surface area contributed by atoms with Crippen LogP contribution in [0.25, 0.3) is 21.8 Å². The maximum atomic E-state index is 11.1. The summed E-state index contributed by atoms with van der Waals surface area (Å²) in [5.74, 6) is 1.08. The SMILES string of the molecule is COc1ccc2c(c1)[nH]c1cc(CCC(C)=O)ccc12. The van der Waals surface area contributed by atoms with E-state index in [2.05, 4.69) is 29.2 Å². The van der Waals surface area contributed by atoms with Gasteiger partial charge in [0.1, 0.15) is 11.5 Å². The summed E-state index contributed by atoms with van der Waals surface area (Å²) in [5.41, 5.74) is 3.36. The predicted octanol–water partition coefficient (Wildman–Crippen LogP) is 3.85. The van der Waals surface area contributed by atoms with Gasteiger partial charge in [0.25, 0.3) is 0 Å². The molecule has 0 saturated carbocycles. The zero-order chi connectivity index (χ0) is 14.1. The molecule has 102 valence electrons. The lowest BCUT2D eigenvalue weighted by Crippen LogP contribution is -1.93. The summed E-state index contributed by atoms with van der Waals surface area (Å²) in [6, 6.07) is 12.4. The molecule has 0 amide bonds. The van der Waals surface area contributed by atoms with Gasteiger partial charge in [0.15, 0.2) is 0 Å². The second-order valence-electron chi connectivity index (χ2n) is 5.12. The number of aromatic nitrogens is 1. The fourth-order valence-electron chi connectivity index (χ4n) is 2.54. The largest absolute Gasteiger partial charge is 0.497 e. The number of methoxy groups -OCH3 is 1. The van der Waals surface area contributed by atoms with Crippen LogP contribution in [0.1, 0.15) is 18.9 Å². The van der Waals surface area contributed by atoms with E-state index in [1.807, 2.05) is 12.1 Å². The van der Waals surface area contributed by atoms with E-state index < -0.39 is 0 Å². The molecule has 1 heterocycles. The van der Waals surface area contributed by atoms with Crippen molar-refractivity contribution in [2.75, 3.05) is 7.11 Å². The van der Waals surface area contributed by atoms with Crippen molar-refractivity contribution in [1.29, 1.82) is 0 Å². The van der Waals surface area contributed by atoms with Crippen molar-refractivity contribution < 1.29 is 9.53 Å². The van der Waals surface area contributed by atoms with Gasteiger partial charge in [-0.1, -0.05) is 12.1 Å². The summed E-state index contributed by atoms with van der Waals surface area (Å²) in [4.78, 5) is 14.5. The summed E-state index contributed by atoms with van der Waals surface area (Å²) in [5, 5.41) is 2.40. The molecule has 0 unspecified atom stereocenters. The van der Waals surface area contributed by atoms with Gasteiger partial charge in [-0.05, 0) is 37.1 Å². The Kier molecular flexibility index (Phi) is 3.18. The third kappa shape index (κ3) is 2.27. The van der Waals surface area contributed by atoms with Gasteiger partial charge in [-0.25, -0.2) is 0 Å². The molecule has 0 bridgehead atoms. The first-order chi connectivity index (χ1) is 9.67. The quantitative estimate of drug-likeness (QED) is 0.780. The average molecular weight is 267 g/mol. The first-order valence-electron chi connectivity index (χ1n) is 6.75. The van der Waals surface area contributed by atoms with Crippen molar-refractivity contribution in [3.05, 3.63) is 42.0 Å². The number of H-pyrrole nitrogens is 1. The number of ketones is 1. The zero-order valence-electron chi connectivity index (χ0n) is 11.7. The summed E-state index contributed by atoms with van der Waals surface area (Å²) in [6.07, 6.45) is 1.39. The normalized spacial score (nSPS) is 11.1. The maximum absolute atomic E-state index is 11.1. The van der Waals surface area contributed by atoms with E-state index in [0.717, 1.165) is 23.2 Å². The zero-order valence-corrected chi connectivity index (χ0v) is 11.7. The number of hydrogen-bond donors (Lipinski definition) is 1. The van der Waals surface area contributed by atoms with Crippen LogP contribution in [0.15, 0.2) is 36.4 Å². The van der Waals surface area contributed by atoms with E-state index in [4.69, 9.17) is 4.74 Å².